The minimum atomic E-state index is 0. The molecule has 2 aromatic rings. The molecule has 2 N–H and O–H groups in total. The topological polar surface area (TPSA) is 80.9 Å². The van der Waals surface area contributed by atoms with Crippen molar-refractivity contribution in [3.63, 3.8) is 0 Å². The molecule has 1 aromatic heterocycles. The molecule has 0 aliphatic carbocycles. The van der Waals surface area contributed by atoms with Gasteiger partial charge in [-0.1, -0.05) is 17.7 Å². The lowest BCUT2D eigenvalue weighted by molar-refractivity contribution is 0.0347. The van der Waals surface area contributed by atoms with Gasteiger partial charge in [0.15, 0.2) is 5.96 Å². The molecular formula is C20H29IN4O3. The van der Waals surface area contributed by atoms with Crippen LogP contribution in [0.2, 0.25) is 0 Å². The molecule has 28 heavy (non-hydrogen) atoms. The lowest BCUT2D eigenvalue weighted by Gasteiger charge is -2.19. The summed E-state index contributed by atoms with van der Waals surface area (Å²) in [6.07, 6.45) is 2.84. The smallest absolute Gasteiger partial charge is 0.226 e. The summed E-state index contributed by atoms with van der Waals surface area (Å²) in [6, 6.07) is 8.25. The van der Waals surface area contributed by atoms with Crippen molar-refractivity contribution in [2.24, 2.45) is 4.99 Å². The van der Waals surface area contributed by atoms with E-state index in [0.717, 1.165) is 24.3 Å². The number of guanidine groups is 1. The SMILES string of the molecule is CN=C(NCc1coc(-c2ccc(C)cc2)n1)NC(C)COC1CCOC1.I. The highest BCUT2D eigenvalue weighted by Gasteiger charge is 2.17. The first-order valence-corrected chi connectivity index (χ1v) is 9.32. The number of hydrogen-bond donors (Lipinski definition) is 2. The number of nitrogens with one attached hydrogen (secondary N) is 2. The van der Waals surface area contributed by atoms with E-state index in [2.05, 4.69) is 34.5 Å². The summed E-state index contributed by atoms with van der Waals surface area (Å²) < 4.78 is 16.7. The van der Waals surface area contributed by atoms with Gasteiger partial charge in [-0.2, -0.15) is 0 Å². The van der Waals surface area contributed by atoms with E-state index in [9.17, 15) is 0 Å². The number of hydrogen-bond acceptors (Lipinski definition) is 5. The van der Waals surface area contributed by atoms with Crippen LogP contribution in [0, 0.1) is 6.92 Å². The van der Waals surface area contributed by atoms with Gasteiger partial charge in [-0.25, -0.2) is 4.98 Å². The highest BCUT2D eigenvalue weighted by atomic mass is 127. The Morgan fingerprint density at radius 2 is 2.14 bits per heavy atom. The molecule has 3 rings (SSSR count). The summed E-state index contributed by atoms with van der Waals surface area (Å²) in [7, 11) is 1.74. The van der Waals surface area contributed by atoms with Crippen LogP contribution in [-0.4, -0.2) is 50.0 Å². The average molecular weight is 500 g/mol. The summed E-state index contributed by atoms with van der Waals surface area (Å²) in [6.45, 7) is 6.73. The van der Waals surface area contributed by atoms with Crippen molar-refractivity contribution in [1.29, 1.82) is 0 Å². The number of ether oxygens (including phenoxy) is 2. The number of aliphatic imine (C=N–C) groups is 1. The van der Waals surface area contributed by atoms with Crippen molar-refractivity contribution in [2.75, 3.05) is 26.9 Å². The van der Waals surface area contributed by atoms with Gasteiger partial charge in [-0.05, 0) is 32.4 Å². The maximum absolute atomic E-state index is 5.84. The fraction of sp³-hybridized carbons (Fsp3) is 0.500. The Morgan fingerprint density at radius 1 is 1.36 bits per heavy atom. The van der Waals surface area contributed by atoms with Crippen molar-refractivity contribution in [1.82, 2.24) is 15.6 Å². The molecular weight excluding hydrogens is 471 g/mol. The third-order valence-corrected chi connectivity index (χ3v) is 4.36. The van der Waals surface area contributed by atoms with Gasteiger partial charge in [0.05, 0.1) is 31.6 Å². The predicted molar refractivity (Wildman–Crippen MR) is 120 cm³/mol. The zero-order valence-electron chi connectivity index (χ0n) is 16.6. The number of oxazole rings is 1. The fourth-order valence-electron chi connectivity index (χ4n) is 2.79. The van der Waals surface area contributed by atoms with E-state index in [0.29, 0.717) is 31.6 Å². The molecule has 0 spiro atoms. The first-order chi connectivity index (χ1) is 13.1. The molecule has 0 amide bonds. The van der Waals surface area contributed by atoms with Crippen LogP contribution in [0.5, 0.6) is 0 Å². The molecule has 2 heterocycles. The van der Waals surface area contributed by atoms with Crippen LogP contribution in [0.3, 0.4) is 0 Å². The van der Waals surface area contributed by atoms with Crippen LogP contribution in [0.15, 0.2) is 39.9 Å². The van der Waals surface area contributed by atoms with Gasteiger partial charge in [0, 0.05) is 25.3 Å². The Hall–Kier alpha value is -1.65. The van der Waals surface area contributed by atoms with Crippen LogP contribution in [0.4, 0.5) is 0 Å². The van der Waals surface area contributed by atoms with Crippen molar-refractivity contribution in [3.05, 3.63) is 41.8 Å². The highest BCUT2D eigenvalue weighted by molar-refractivity contribution is 14.0. The van der Waals surface area contributed by atoms with E-state index in [1.807, 2.05) is 24.3 Å². The Morgan fingerprint density at radius 3 is 2.82 bits per heavy atom. The molecule has 2 atom stereocenters. The molecule has 1 aliphatic heterocycles. The van der Waals surface area contributed by atoms with E-state index in [-0.39, 0.29) is 36.1 Å². The van der Waals surface area contributed by atoms with Gasteiger partial charge in [0.25, 0.3) is 0 Å². The molecule has 1 saturated heterocycles. The third kappa shape index (κ3) is 6.75. The minimum absolute atomic E-state index is 0. The largest absolute Gasteiger partial charge is 0.444 e. The quantitative estimate of drug-likeness (QED) is 0.346. The average Bonchev–Trinajstić information content (AvgIpc) is 3.36. The van der Waals surface area contributed by atoms with Crippen molar-refractivity contribution in [3.8, 4) is 11.5 Å². The maximum atomic E-state index is 5.84. The fourth-order valence-corrected chi connectivity index (χ4v) is 2.79. The number of aromatic nitrogens is 1. The predicted octanol–water partition coefficient (Wildman–Crippen LogP) is 3.13. The molecule has 0 radical (unpaired) electrons. The van der Waals surface area contributed by atoms with Gasteiger partial charge >= 0.3 is 0 Å². The van der Waals surface area contributed by atoms with Crippen LogP contribution in [-0.2, 0) is 16.0 Å². The number of nitrogens with zero attached hydrogens (tertiary/aromatic N) is 2. The Labute approximate surface area is 183 Å². The summed E-state index contributed by atoms with van der Waals surface area (Å²) >= 11 is 0. The summed E-state index contributed by atoms with van der Waals surface area (Å²) in [4.78, 5) is 8.79. The number of aryl methyl sites for hydroxylation is 1. The second kappa shape index (κ2) is 11.4. The van der Waals surface area contributed by atoms with E-state index >= 15 is 0 Å². The van der Waals surface area contributed by atoms with Crippen LogP contribution < -0.4 is 10.6 Å². The van der Waals surface area contributed by atoms with Crippen LogP contribution in [0.25, 0.3) is 11.5 Å². The molecule has 2 unspecified atom stereocenters. The van der Waals surface area contributed by atoms with Crippen molar-refractivity contribution in [2.45, 2.75) is 39.0 Å². The van der Waals surface area contributed by atoms with Gasteiger partial charge in [-0.3, -0.25) is 4.99 Å². The lowest BCUT2D eigenvalue weighted by Crippen LogP contribution is -2.44. The van der Waals surface area contributed by atoms with E-state index in [1.54, 1.807) is 13.3 Å². The molecule has 8 heteroatoms. The molecule has 154 valence electrons. The second-order valence-corrected chi connectivity index (χ2v) is 6.80. The monoisotopic (exact) mass is 500 g/mol. The molecule has 0 saturated carbocycles. The van der Waals surface area contributed by atoms with Crippen molar-refractivity contribution >= 4 is 29.9 Å². The first-order valence-electron chi connectivity index (χ1n) is 9.32. The summed E-state index contributed by atoms with van der Waals surface area (Å²) in [5.41, 5.74) is 3.00. The Balaban J connectivity index is 0.00000280. The maximum Gasteiger partial charge on any atom is 0.226 e. The number of rotatable bonds is 7. The normalized spacial score (nSPS) is 17.8. The Kier molecular flexibility index (Phi) is 9.20. The van der Waals surface area contributed by atoms with Gasteiger partial charge in [0.2, 0.25) is 5.89 Å². The minimum Gasteiger partial charge on any atom is -0.444 e. The number of benzene rings is 1. The molecule has 7 nitrogen and oxygen atoms in total. The zero-order valence-corrected chi connectivity index (χ0v) is 18.9. The third-order valence-electron chi connectivity index (χ3n) is 4.36. The number of halogens is 1. The highest BCUT2D eigenvalue weighted by Crippen LogP contribution is 2.19. The first kappa shape index (κ1) is 22.6. The molecule has 1 fully saturated rings. The van der Waals surface area contributed by atoms with E-state index < -0.39 is 0 Å². The van der Waals surface area contributed by atoms with Crippen molar-refractivity contribution < 1.29 is 13.9 Å². The second-order valence-electron chi connectivity index (χ2n) is 6.80. The summed E-state index contributed by atoms with van der Waals surface area (Å²) in [5, 5.41) is 6.57. The summed E-state index contributed by atoms with van der Waals surface area (Å²) in [5.74, 6) is 1.32. The lowest BCUT2D eigenvalue weighted by atomic mass is 10.1. The Bertz CT molecular complexity index is 742. The molecule has 0 bridgehead atoms. The van der Waals surface area contributed by atoms with E-state index in [4.69, 9.17) is 13.9 Å². The van der Waals surface area contributed by atoms with E-state index in [1.165, 1.54) is 5.56 Å². The standard InChI is InChI=1S/C20H28N4O3.HI/c1-14-4-6-16(7-5-14)19-24-17(12-27-19)10-22-20(21-3)23-15(2)11-26-18-8-9-25-13-18;/h4-7,12,15,18H,8-11,13H2,1-3H3,(H2,21,22,23);1H. The van der Waals surface area contributed by atoms with Crippen LogP contribution in [0.1, 0.15) is 24.6 Å². The molecule has 1 aliphatic rings. The van der Waals surface area contributed by atoms with Gasteiger partial charge in [-0.15, -0.1) is 24.0 Å². The molecule has 1 aromatic carbocycles. The van der Waals surface area contributed by atoms with Crippen LogP contribution >= 0.6 is 24.0 Å². The van der Waals surface area contributed by atoms with Gasteiger partial charge < -0.3 is 24.5 Å². The zero-order chi connectivity index (χ0) is 19.1. The van der Waals surface area contributed by atoms with Gasteiger partial charge in [0.1, 0.15) is 6.26 Å².